The summed E-state index contributed by atoms with van der Waals surface area (Å²) in [7, 11) is 1.63. The van der Waals surface area contributed by atoms with Crippen molar-refractivity contribution in [2.24, 2.45) is 0 Å². The molecule has 0 heterocycles. The van der Waals surface area contributed by atoms with Gasteiger partial charge in [0.1, 0.15) is 5.75 Å². The van der Waals surface area contributed by atoms with Crippen molar-refractivity contribution >= 4 is 17.5 Å². The van der Waals surface area contributed by atoms with Crippen molar-refractivity contribution in [3.8, 4) is 5.75 Å². The Hall–Kier alpha value is -1.26. The van der Waals surface area contributed by atoms with Crippen LogP contribution in [-0.2, 0) is 11.3 Å². The summed E-state index contributed by atoms with van der Waals surface area (Å²) in [5.41, 5.74) is 1.05. The Labute approximate surface area is 132 Å². The van der Waals surface area contributed by atoms with Gasteiger partial charge in [0.05, 0.1) is 11.6 Å². The molecule has 0 saturated heterocycles. The summed E-state index contributed by atoms with van der Waals surface area (Å²) in [5, 5.41) is 6.61. The van der Waals surface area contributed by atoms with Crippen LogP contribution in [0.2, 0.25) is 5.02 Å². The summed E-state index contributed by atoms with van der Waals surface area (Å²) in [6, 6.07) is 5.73. The number of benzene rings is 1. The molecule has 0 aromatic heterocycles. The molecule has 118 valence electrons. The number of halogens is 1. The van der Waals surface area contributed by atoms with Gasteiger partial charge in [-0.15, -0.1) is 0 Å². The molecular formula is C16H25ClN2O2. The fraction of sp³-hybridized carbons (Fsp3) is 0.562. The smallest absolute Gasteiger partial charge is 0.219 e. The highest BCUT2D eigenvalue weighted by atomic mass is 35.5. The minimum atomic E-state index is 0.0207. The quantitative estimate of drug-likeness (QED) is 0.761. The van der Waals surface area contributed by atoms with Gasteiger partial charge in [0.25, 0.3) is 0 Å². The molecule has 0 radical (unpaired) electrons. The summed E-state index contributed by atoms with van der Waals surface area (Å²) < 4.78 is 5.78. The monoisotopic (exact) mass is 312 g/mol. The van der Waals surface area contributed by atoms with Crippen LogP contribution in [0, 0.1) is 0 Å². The number of rotatable bonds is 7. The van der Waals surface area contributed by atoms with E-state index in [1.165, 1.54) is 0 Å². The van der Waals surface area contributed by atoms with E-state index in [0.717, 1.165) is 5.56 Å². The van der Waals surface area contributed by atoms with Gasteiger partial charge in [-0.25, -0.2) is 0 Å². The van der Waals surface area contributed by atoms with Crippen LogP contribution in [0.3, 0.4) is 0 Å². The molecule has 4 nitrogen and oxygen atoms in total. The van der Waals surface area contributed by atoms with Crippen molar-refractivity contribution in [2.75, 3.05) is 13.7 Å². The van der Waals surface area contributed by atoms with Crippen LogP contribution in [0.15, 0.2) is 18.2 Å². The summed E-state index contributed by atoms with van der Waals surface area (Å²) in [6.07, 6.45) is 1.12. The summed E-state index contributed by atoms with van der Waals surface area (Å²) in [5.74, 6) is 0.722. The fourth-order valence-corrected chi connectivity index (χ4v) is 2.00. The molecule has 0 saturated carbocycles. The minimum Gasteiger partial charge on any atom is -0.492 e. The zero-order valence-corrected chi connectivity index (χ0v) is 14.0. The number of carbonyl (C=O) groups excluding carboxylic acids is 1. The van der Waals surface area contributed by atoms with Crippen molar-refractivity contribution < 1.29 is 9.53 Å². The summed E-state index contributed by atoms with van der Waals surface area (Å²) >= 11 is 6.22. The molecule has 0 aliphatic rings. The van der Waals surface area contributed by atoms with Crippen molar-refractivity contribution in [1.29, 1.82) is 0 Å². The lowest BCUT2D eigenvalue weighted by Crippen LogP contribution is -2.35. The Balaban J connectivity index is 2.61. The first-order chi connectivity index (χ1) is 9.83. The van der Waals surface area contributed by atoms with Crippen molar-refractivity contribution in [1.82, 2.24) is 10.6 Å². The van der Waals surface area contributed by atoms with Gasteiger partial charge >= 0.3 is 0 Å². The third-order valence-electron chi connectivity index (χ3n) is 2.93. The Morgan fingerprint density at radius 1 is 1.33 bits per heavy atom. The van der Waals surface area contributed by atoms with Crippen LogP contribution < -0.4 is 15.4 Å². The second-order valence-electron chi connectivity index (χ2n) is 5.96. The van der Waals surface area contributed by atoms with Crippen LogP contribution in [-0.4, -0.2) is 25.1 Å². The fourth-order valence-electron chi connectivity index (χ4n) is 1.75. The van der Waals surface area contributed by atoms with Crippen LogP contribution >= 0.6 is 11.6 Å². The van der Waals surface area contributed by atoms with Crippen molar-refractivity contribution in [3.63, 3.8) is 0 Å². The predicted molar refractivity (Wildman–Crippen MR) is 86.8 cm³/mol. The molecule has 2 N–H and O–H groups in total. The first-order valence-electron chi connectivity index (χ1n) is 7.19. The second kappa shape index (κ2) is 8.25. The normalized spacial score (nSPS) is 11.3. The van der Waals surface area contributed by atoms with E-state index in [0.29, 0.717) is 36.8 Å². The summed E-state index contributed by atoms with van der Waals surface area (Å²) in [6.45, 7) is 7.50. The van der Waals surface area contributed by atoms with E-state index in [1.807, 2.05) is 18.2 Å². The van der Waals surface area contributed by atoms with E-state index in [2.05, 4.69) is 31.4 Å². The first kappa shape index (κ1) is 17.8. The van der Waals surface area contributed by atoms with Gasteiger partial charge in [-0.2, -0.15) is 0 Å². The molecule has 1 aromatic rings. The Morgan fingerprint density at radius 2 is 2.05 bits per heavy atom. The van der Waals surface area contributed by atoms with E-state index in [9.17, 15) is 4.79 Å². The zero-order chi connectivity index (χ0) is 15.9. The number of ether oxygens (including phenoxy) is 1. The molecule has 0 aliphatic heterocycles. The largest absolute Gasteiger partial charge is 0.492 e. The van der Waals surface area contributed by atoms with Gasteiger partial charge in [0.2, 0.25) is 5.91 Å². The van der Waals surface area contributed by atoms with Crippen molar-refractivity contribution in [3.05, 3.63) is 28.8 Å². The molecule has 1 amide bonds. The molecule has 0 fully saturated rings. The van der Waals surface area contributed by atoms with Crippen LogP contribution in [0.4, 0.5) is 0 Å². The highest BCUT2D eigenvalue weighted by Crippen LogP contribution is 2.29. The molecule has 21 heavy (non-hydrogen) atoms. The Bertz CT molecular complexity index is 470. The van der Waals surface area contributed by atoms with Crippen LogP contribution in [0.1, 0.15) is 39.2 Å². The lowest BCUT2D eigenvalue weighted by atomic mass is 10.1. The molecule has 0 atom stereocenters. The minimum absolute atomic E-state index is 0.0207. The third kappa shape index (κ3) is 6.82. The molecule has 1 rings (SSSR count). The van der Waals surface area contributed by atoms with E-state index in [1.54, 1.807) is 7.05 Å². The molecule has 0 aliphatic carbocycles. The van der Waals surface area contributed by atoms with Gasteiger partial charge in [0, 0.05) is 31.1 Å². The number of carbonyl (C=O) groups is 1. The molecule has 1 aromatic carbocycles. The van der Waals surface area contributed by atoms with Crippen LogP contribution in [0.5, 0.6) is 5.75 Å². The first-order valence-corrected chi connectivity index (χ1v) is 7.57. The van der Waals surface area contributed by atoms with Gasteiger partial charge in [0.15, 0.2) is 0 Å². The Morgan fingerprint density at radius 3 is 2.67 bits per heavy atom. The standard InChI is InChI=1S/C16H25ClN2O2/c1-16(2,3)19-11-12-7-5-8-13(17)15(12)21-10-6-9-14(20)18-4/h5,7-8,19H,6,9-11H2,1-4H3,(H,18,20). The molecular weight excluding hydrogens is 288 g/mol. The zero-order valence-electron chi connectivity index (χ0n) is 13.3. The molecule has 5 heteroatoms. The maximum Gasteiger partial charge on any atom is 0.219 e. The van der Waals surface area contributed by atoms with Gasteiger partial charge < -0.3 is 15.4 Å². The lowest BCUT2D eigenvalue weighted by molar-refractivity contribution is -0.120. The van der Waals surface area contributed by atoms with E-state index in [-0.39, 0.29) is 11.4 Å². The number of hydrogen-bond acceptors (Lipinski definition) is 3. The molecule has 0 bridgehead atoms. The van der Waals surface area contributed by atoms with Gasteiger partial charge in [-0.1, -0.05) is 23.7 Å². The Kier molecular flexibility index (Phi) is 6.99. The van der Waals surface area contributed by atoms with Crippen LogP contribution in [0.25, 0.3) is 0 Å². The third-order valence-corrected chi connectivity index (χ3v) is 3.23. The highest BCUT2D eigenvalue weighted by molar-refractivity contribution is 6.32. The topological polar surface area (TPSA) is 50.4 Å². The van der Waals surface area contributed by atoms with Gasteiger partial charge in [-0.3, -0.25) is 4.79 Å². The van der Waals surface area contributed by atoms with E-state index >= 15 is 0 Å². The summed E-state index contributed by atoms with van der Waals surface area (Å²) in [4.78, 5) is 11.2. The highest BCUT2D eigenvalue weighted by Gasteiger charge is 2.13. The van der Waals surface area contributed by atoms with Gasteiger partial charge in [-0.05, 0) is 33.3 Å². The second-order valence-corrected chi connectivity index (χ2v) is 6.36. The average Bonchev–Trinajstić information content (AvgIpc) is 2.41. The number of para-hydroxylation sites is 1. The number of nitrogens with one attached hydrogen (secondary N) is 2. The maximum atomic E-state index is 11.2. The maximum absolute atomic E-state index is 11.2. The predicted octanol–water partition coefficient (Wildman–Crippen LogP) is 3.13. The molecule has 0 spiro atoms. The lowest BCUT2D eigenvalue weighted by Gasteiger charge is -2.22. The average molecular weight is 313 g/mol. The van der Waals surface area contributed by atoms with E-state index < -0.39 is 0 Å². The SMILES string of the molecule is CNC(=O)CCCOc1c(Cl)cccc1CNC(C)(C)C. The van der Waals surface area contributed by atoms with Crippen molar-refractivity contribution in [2.45, 2.75) is 45.7 Å². The number of amides is 1. The molecule has 0 unspecified atom stereocenters. The number of hydrogen-bond donors (Lipinski definition) is 2. The van der Waals surface area contributed by atoms with E-state index in [4.69, 9.17) is 16.3 Å².